The number of carbonyl (C=O) groups excluding carboxylic acids is 1. The Morgan fingerprint density at radius 2 is 2.14 bits per heavy atom. The van der Waals surface area contributed by atoms with E-state index in [1.807, 2.05) is 14.0 Å². The van der Waals surface area contributed by atoms with Gasteiger partial charge in [-0.3, -0.25) is 14.4 Å². The third-order valence-corrected chi connectivity index (χ3v) is 4.48. The number of carbonyl (C=O) groups is 1. The molecule has 1 atom stereocenters. The molecule has 122 valence electrons. The number of amides is 1. The molecular weight excluding hydrogens is 284 g/mol. The van der Waals surface area contributed by atoms with Crippen LogP contribution >= 0.6 is 0 Å². The van der Waals surface area contributed by atoms with Crippen LogP contribution in [0.3, 0.4) is 0 Å². The van der Waals surface area contributed by atoms with Crippen molar-refractivity contribution in [3.05, 3.63) is 17.5 Å². The molecule has 7 heteroatoms. The van der Waals surface area contributed by atoms with Gasteiger partial charge < -0.3 is 14.7 Å². The number of aliphatic hydroxyl groups is 1. The van der Waals surface area contributed by atoms with Crippen LogP contribution in [0.5, 0.6) is 0 Å². The van der Waals surface area contributed by atoms with Crippen LogP contribution in [-0.4, -0.2) is 82.1 Å². The molecule has 1 N–H and O–H groups in total. The van der Waals surface area contributed by atoms with Crippen molar-refractivity contribution in [2.75, 3.05) is 45.9 Å². The number of aryl methyl sites for hydroxylation is 2. The summed E-state index contributed by atoms with van der Waals surface area (Å²) in [4.78, 5) is 16.5. The molecular formula is C15H24N4O3. The van der Waals surface area contributed by atoms with E-state index in [0.29, 0.717) is 44.8 Å². The van der Waals surface area contributed by atoms with Gasteiger partial charge in [-0.25, -0.2) is 0 Å². The lowest BCUT2D eigenvalue weighted by Gasteiger charge is -2.33. The maximum absolute atomic E-state index is 12.6. The summed E-state index contributed by atoms with van der Waals surface area (Å²) in [6.45, 7) is 6.54. The van der Waals surface area contributed by atoms with Crippen LogP contribution in [-0.2, 0) is 11.8 Å². The quantitative estimate of drug-likeness (QED) is 0.825. The summed E-state index contributed by atoms with van der Waals surface area (Å²) in [7, 11) is 1.81. The number of hydrogen-bond donors (Lipinski definition) is 1. The van der Waals surface area contributed by atoms with Gasteiger partial charge in [-0.15, -0.1) is 0 Å². The van der Waals surface area contributed by atoms with Gasteiger partial charge in [-0.1, -0.05) is 0 Å². The summed E-state index contributed by atoms with van der Waals surface area (Å²) < 4.78 is 6.98. The zero-order valence-electron chi connectivity index (χ0n) is 13.3. The van der Waals surface area contributed by atoms with Crippen LogP contribution in [0.25, 0.3) is 0 Å². The van der Waals surface area contributed by atoms with Gasteiger partial charge in [0.1, 0.15) is 0 Å². The molecule has 2 saturated heterocycles. The van der Waals surface area contributed by atoms with Gasteiger partial charge in [0, 0.05) is 39.4 Å². The molecule has 0 aliphatic carbocycles. The molecule has 2 aliphatic rings. The Bertz CT molecular complexity index is 553. The Labute approximate surface area is 130 Å². The van der Waals surface area contributed by atoms with Crippen LogP contribution in [0.4, 0.5) is 0 Å². The molecule has 0 radical (unpaired) electrons. The van der Waals surface area contributed by atoms with Gasteiger partial charge >= 0.3 is 0 Å². The van der Waals surface area contributed by atoms with Crippen molar-refractivity contribution >= 4 is 5.91 Å². The lowest BCUT2D eigenvalue weighted by atomic mass is 10.0. The molecule has 0 saturated carbocycles. The van der Waals surface area contributed by atoms with Crippen molar-refractivity contribution in [1.29, 1.82) is 0 Å². The standard InChI is InChI=1S/C15H24N4O3/c1-12-13(9-17(2)16-12)14(20)19-4-3-15(21,11-19)10-18-5-7-22-8-6-18/h9,21H,3-8,10-11H2,1-2H3. The van der Waals surface area contributed by atoms with Crippen molar-refractivity contribution in [2.24, 2.45) is 7.05 Å². The van der Waals surface area contributed by atoms with Crippen LogP contribution < -0.4 is 0 Å². The lowest BCUT2D eigenvalue weighted by Crippen LogP contribution is -2.49. The number of morpholine rings is 1. The van der Waals surface area contributed by atoms with Gasteiger partial charge in [-0.2, -0.15) is 5.10 Å². The molecule has 1 aromatic heterocycles. The lowest BCUT2D eigenvalue weighted by molar-refractivity contribution is -0.0257. The highest BCUT2D eigenvalue weighted by Gasteiger charge is 2.40. The molecule has 1 unspecified atom stereocenters. The van der Waals surface area contributed by atoms with Crippen molar-refractivity contribution in [3.63, 3.8) is 0 Å². The predicted molar refractivity (Wildman–Crippen MR) is 80.7 cm³/mol. The summed E-state index contributed by atoms with van der Waals surface area (Å²) in [5.74, 6) is -0.0384. The van der Waals surface area contributed by atoms with E-state index in [-0.39, 0.29) is 5.91 Å². The third-order valence-electron chi connectivity index (χ3n) is 4.48. The van der Waals surface area contributed by atoms with Crippen molar-refractivity contribution in [3.8, 4) is 0 Å². The van der Waals surface area contributed by atoms with Gasteiger partial charge in [0.15, 0.2) is 0 Å². The second kappa shape index (κ2) is 5.98. The molecule has 22 heavy (non-hydrogen) atoms. The summed E-state index contributed by atoms with van der Waals surface area (Å²) in [6.07, 6.45) is 2.37. The van der Waals surface area contributed by atoms with E-state index in [9.17, 15) is 9.90 Å². The van der Waals surface area contributed by atoms with E-state index in [1.165, 1.54) is 0 Å². The van der Waals surface area contributed by atoms with Gasteiger partial charge in [0.25, 0.3) is 5.91 Å². The van der Waals surface area contributed by atoms with Gasteiger partial charge in [0.05, 0.1) is 36.6 Å². The van der Waals surface area contributed by atoms with Crippen LogP contribution in [0, 0.1) is 6.92 Å². The molecule has 1 aromatic rings. The zero-order chi connectivity index (χ0) is 15.7. The highest BCUT2D eigenvalue weighted by Crippen LogP contribution is 2.25. The molecule has 2 fully saturated rings. The van der Waals surface area contributed by atoms with Gasteiger partial charge in [-0.05, 0) is 13.3 Å². The molecule has 0 spiro atoms. The summed E-state index contributed by atoms with van der Waals surface area (Å²) in [6, 6.07) is 0. The summed E-state index contributed by atoms with van der Waals surface area (Å²) in [5, 5.41) is 15.0. The molecule has 0 aromatic carbocycles. The topological polar surface area (TPSA) is 70.8 Å². The highest BCUT2D eigenvalue weighted by molar-refractivity contribution is 5.95. The molecule has 2 aliphatic heterocycles. The molecule has 3 heterocycles. The van der Waals surface area contributed by atoms with E-state index >= 15 is 0 Å². The van der Waals surface area contributed by atoms with Crippen LogP contribution in [0.1, 0.15) is 22.5 Å². The SMILES string of the molecule is Cc1nn(C)cc1C(=O)N1CCC(O)(CN2CCOCC2)C1. The third kappa shape index (κ3) is 3.16. The Kier molecular flexibility index (Phi) is 4.20. The minimum Gasteiger partial charge on any atom is -0.387 e. The Hall–Kier alpha value is -1.44. The molecule has 3 rings (SSSR count). The van der Waals surface area contributed by atoms with E-state index in [1.54, 1.807) is 15.8 Å². The first-order valence-electron chi connectivity index (χ1n) is 7.79. The smallest absolute Gasteiger partial charge is 0.257 e. The average molecular weight is 308 g/mol. The Morgan fingerprint density at radius 1 is 1.41 bits per heavy atom. The maximum atomic E-state index is 12.6. The Balaban J connectivity index is 1.63. The minimum absolute atomic E-state index is 0.0384. The number of nitrogens with zero attached hydrogens (tertiary/aromatic N) is 4. The molecule has 0 bridgehead atoms. The Morgan fingerprint density at radius 3 is 2.77 bits per heavy atom. The van der Waals surface area contributed by atoms with E-state index in [2.05, 4.69) is 10.00 Å². The van der Waals surface area contributed by atoms with Crippen LogP contribution in [0.15, 0.2) is 6.20 Å². The second-order valence-corrected chi connectivity index (χ2v) is 6.39. The van der Waals surface area contributed by atoms with Crippen molar-refractivity contribution in [2.45, 2.75) is 18.9 Å². The first-order valence-corrected chi connectivity index (χ1v) is 7.79. The average Bonchev–Trinajstić information content (AvgIpc) is 3.02. The zero-order valence-corrected chi connectivity index (χ0v) is 13.3. The molecule has 7 nitrogen and oxygen atoms in total. The fraction of sp³-hybridized carbons (Fsp3) is 0.733. The molecule has 1 amide bonds. The largest absolute Gasteiger partial charge is 0.387 e. The van der Waals surface area contributed by atoms with Gasteiger partial charge in [0.2, 0.25) is 0 Å². The number of hydrogen-bond acceptors (Lipinski definition) is 5. The van der Waals surface area contributed by atoms with E-state index in [4.69, 9.17) is 4.74 Å². The second-order valence-electron chi connectivity index (χ2n) is 6.39. The number of ether oxygens (including phenoxy) is 1. The minimum atomic E-state index is -0.816. The maximum Gasteiger partial charge on any atom is 0.257 e. The monoisotopic (exact) mass is 308 g/mol. The van der Waals surface area contributed by atoms with Crippen molar-refractivity contribution < 1.29 is 14.6 Å². The normalized spacial score (nSPS) is 26.6. The fourth-order valence-corrected chi connectivity index (χ4v) is 3.31. The van der Waals surface area contributed by atoms with Crippen LogP contribution in [0.2, 0.25) is 0 Å². The predicted octanol–water partition coefficient (Wildman–Crippen LogP) is -0.362. The number of β-amino-alcohol motifs (C(OH)–C–C–N with tert-alkyl or cyclic N) is 1. The number of likely N-dealkylation sites (tertiary alicyclic amines) is 1. The highest BCUT2D eigenvalue weighted by atomic mass is 16.5. The first kappa shape index (κ1) is 15.5. The fourth-order valence-electron chi connectivity index (χ4n) is 3.31. The number of aromatic nitrogens is 2. The summed E-state index contributed by atoms with van der Waals surface area (Å²) in [5.41, 5.74) is 0.539. The van der Waals surface area contributed by atoms with E-state index in [0.717, 1.165) is 18.8 Å². The summed E-state index contributed by atoms with van der Waals surface area (Å²) >= 11 is 0. The van der Waals surface area contributed by atoms with E-state index < -0.39 is 5.60 Å². The van der Waals surface area contributed by atoms with Crippen molar-refractivity contribution in [1.82, 2.24) is 19.6 Å². The number of rotatable bonds is 3. The first-order chi connectivity index (χ1) is 10.5.